The Kier molecular flexibility index (Phi) is 2.64. The molecule has 0 atom stereocenters. The molecule has 0 aliphatic rings. The van der Waals surface area contributed by atoms with E-state index >= 15 is 0 Å². The first-order valence-electron chi connectivity index (χ1n) is 4.43. The molecular weight excluding hydrogens is 216 g/mol. The van der Waals surface area contributed by atoms with Crippen molar-refractivity contribution >= 4 is 0 Å². The molecule has 0 saturated carbocycles. The summed E-state index contributed by atoms with van der Waals surface area (Å²) in [5.41, 5.74) is 0. The zero-order chi connectivity index (χ0) is 11.5. The Morgan fingerprint density at radius 3 is 2.75 bits per heavy atom. The fourth-order valence-corrected chi connectivity index (χ4v) is 1.35. The second-order valence-corrected chi connectivity index (χ2v) is 3.02. The van der Waals surface area contributed by atoms with Crippen LogP contribution in [0.15, 0.2) is 24.8 Å². The fraction of sp³-hybridized carbons (Fsp3) is 0.222. The van der Waals surface area contributed by atoms with Crippen LogP contribution in [0.4, 0.5) is 8.78 Å². The molecule has 2 rings (SSSR count). The Morgan fingerprint density at radius 1 is 1.31 bits per heavy atom. The molecule has 0 aliphatic heterocycles. The molecule has 0 aliphatic carbocycles. The number of rotatable bonds is 3. The highest BCUT2D eigenvalue weighted by Crippen LogP contribution is 2.13. The zero-order valence-electron chi connectivity index (χ0n) is 8.09. The third-order valence-electron chi connectivity index (χ3n) is 2.09. The minimum absolute atomic E-state index is 0.0975. The fourth-order valence-electron chi connectivity index (χ4n) is 1.35. The molecule has 0 radical (unpaired) electrons. The van der Waals surface area contributed by atoms with Gasteiger partial charge in [-0.1, -0.05) is 0 Å². The molecule has 16 heavy (non-hydrogen) atoms. The second kappa shape index (κ2) is 4.10. The van der Waals surface area contributed by atoms with Crippen molar-refractivity contribution in [2.75, 3.05) is 0 Å². The summed E-state index contributed by atoms with van der Waals surface area (Å²) in [7, 11) is 0. The number of imidazole rings is 2. The van der Waals surface area contributed by atoms with Crippen molar-refractivity contribution in [2.45, 2.75) is 13.1 Å². The average Bonchev–Trinajstić information content (AvgIpc) is 2.86. The lowest BCUT2D eigenvalue weighted by molar-refractivity contribution is 0.0667. The van der Waals surface area contributed by atoms with Crippen molar-refractivity contribution in [3.63, 3.8) is 0 Å². The Balaban J connectivity index is 2.28. The number of alkyl halides is 2. The molecule has 0 unspecified atom stereocenters. The summed E-state index contributed by atoms with van der Waals surface area (Å²) in [5.74, 6) is 0.355. The highest BCUT2D eigenvalue weighted by molar-refractivity contribution is 5.12. The van der Waals surface area contributed by atoms with Crippen molar-refractivity contribution in [1.29, 1.82) is 5.26 Å². The van der Waals surface area contributed by atoms with E-state index < -0.39 is 6.55 Å². The van der Waals surface area contributed by atoms with Gasteiger partial charge in [-0.15, -0.1) is 0 Å². The van der Waals surface area contributed by atoms with Gasteiger partial charge in [0.25, 0.3) is 0 Å². The van der Waals surface area contributed by atoms with Crippen LogP contribution in [0, 0.1) is 11.3 Å². The van der Waals surface area contributed by atoms with Crippen LogP contribution in [0.2, 0.25) is 0 Å². The minimum atomic E-state index is -2.63. The molecule has 2 aromatic heterocycles. The Bertz CT molecular complexity index is 522. The maximum absolute atomic E-state index is 12.5. The van der Waals surface area contributed by atoms with Gasteiger partial charge in [0.2, 0.25) is 5.82 Å². The minimum Gasteiger partial charge on any atom is -0.315 e. The van der Waals surface area contributed by atoms with E-state index in [9.17, 15) is 8.78 Å². The third-order valence-corrected chi connectivity index (χ3v) is 2.09. The van der Waals surface area contributed by atoms with Crippen molar-refractivity contribution in [3.05, 3.63) is 36.4 Å². The number of aromatic nitrogens is 4. The van der Waals surface area contributed by atoms with E-state index in [1.165, 1.54) is 23.2 Å². The number of hydrogen-bond donors (Lipinski definition) is 0. The lowest BCUT2D eigenvalue weighted by Gasteiger charge is -2.07. The maximum atomic E-state index is 12.5. The molecule has 0 aromatic carbocycles. The highest BCUT2D eigenvalue weighted by atomic mass is 19.3. The van der Waals surface area contributed by atoms with Gasteiger partial charge in [0, 0.05) is 24.8 Å². The molecule has 0 bridgehead atoms. The van der Waals surface area contributed by atoms with Crippen LogP contribution in [0.3, 0.4) is 0 Å². The van der Waals surface area contributed by atoms with Crippen LogP contribution in [-0.2, 0) is 6.54 Å². The van der Waals surface area contributed by atoms with Gasteiger partial charge in [0.15, 0.2) is 0 Å². The Labute approximate surface area is 89.6 Å². The lowest BCUT2D eigenvalue weighted by Crippen LogP contribution is -2.09. The van der Waals surface area contributed by atoms with E-state index in [4.69, 9.17) is 5.26 Å². The molecule has 0 saturated heterocycles. The molecule has 82 valence electrons. The van der Waals surface area contributed by atoms with E-state index in [1.807, 2.05) is 6.07 Å². The summed E-state index contributed by atoms with van der Waals surface area (Å²) < 4.78 is 27.2. The van der Waals surface area contributed by atoms with Crippen molar-refractivity contribution in [2.24, 2.45) is 0 Å². The smallest absolute Gasteiger partial charge is 0.315 e. The predicted molar refractivity (Wildman–Crippen MR) is 49.5 cm³/mol. The summed E-state index contributed by atoms with van der Waals surface area (Å²) in [5, 5.41) is 8.71. The number of hydrogen-bond acceptors (Lipinski definition) is 3. The number of nitriles is 1. The molecule has 0 amide bonds. The van der Waals surface area contributed by atoms with Crippen molar-refractivity contribution < 1.29 is 8.78 Å². The van der Waals surface area contributed by atoms with E-state index in [0.29, 0.717) is 0 Å². The summed E-state index contributed by atoms with van der Waals surface area (Å²) in [4.78, 5) is 7.58. The summed E-state index contributed by atoms with van der Waals surface area (Å²) in [6.07, 6.45) is 5.48. The first-order chi connectivity index (χ1) is 7.72. The van der Waals surface area contributed by atoms with Gasteiger partial charge >= 0.3 is 6.55 Å². The summed E-state index contributed by atoms with van der Waals surface area (Å²) in [6.45, 7) is -2.54. The average molecular weight is 223 g/mol. The Hall–Kier alpha value is -2.23. The zero-order valence-corrected chi connectivity index (χ0v) is 8.09. The van der Waals surface area contributed by atoms with Crippen LogP contribution in [0.1, 0.15) is 18.2 Å². The number of nitrogens with zero attached hydrogens (tertiary/aromatic N) is 5. The quantitative estimate of drug-likeness (QED) is 0.790. The molecule has 0 N–H and O–H groups in total. The SMILES string of the molecule is N#Cc1nccn1Cc1nccn1C(F)F. The molecule has 7 heteroatoms. The Morgan fingerprint density at radius 2 is 2.06 bits per heavy atom. The predicted octanol–water partition coefficient (Wildman–Crippen LogP) is 1.39. The molecule has 0 spiro atoms. The van der Waals surface area contributed by atoms with Gasteiger partial charge in [-0.3, -0.25) is 4.57 Å². The van der Waals surface area contributed by atoms with E-state index in [1.54, 1.807) is 6.20 Å². The second-order valence-electron chi connectivity index (χ2n) is 3.02. The van der Waals surface area contributed by atoms with Crippen LogP contribution in [0.25, 0.3) is 0 Å². The van der Waals surface area contributed by atoms with Gasteiger partial charge in [-0.25, -0.2) is 9.97 Å². The monoisotopic (exact) mass is 223 g/mol. The van der Waals surface area contributed by atoms with E-state index in [-0.39, 0.29) is 18.2 Å². The van der Waals surface area contributed by atoms with Gasteiger partial charge in [-0.05, 0) is 0 Å². The van der Waals surface area contributed by atoms with Crippen LogP contribution in [-0.4, -0.2) is 19.1 Å². The molecule has 0 fully saturated rings. The normalized spacial score (nSPS) is 10.6. The summed E-state index contributed by atoms with van der Waals surface area (Å²) >= 11 is 0. The summed E-state index contributed by atoms with van der Waals surface area (Å²) in [6, 6.07) is 1.86. The lowest BCUT2D eigenvalue weighted by atomic mass is 10.5. The number of halogens is 2. The standard InChI is InChI=1S/C9H7F2N5/c10-9(11)16-4-2-14-8(16)6-15-3-1-13-7(15)5-12/h1-4,9H,6H2. The first kappa shape index (κ1) is 10.3. The molecule has 2 heterocycles. The van der Waals surface area contributed by atoms with Crippen LogP contribution < -0.4 is 0 Å². The largest absolute Gasteiger partial charge is 0.319 e. The molecule has 2 aromatic rings. The first-order valence-corrected chi connectivity index (χ1v) is 4.43. The van der Waals surface area contributed by atoms with E-state index in [2.05, 4.69) is 9.97 Å². The van der Waals surface area contributed by atoms with E-state index in [0.717, 1.165) is 4.57 Å². The molecular formula is C9H7F2N5. The topological polar surface area (TPSA) is 59.4 Å². The maximum Gasteiger partial charge on any atom is 0.319 e. The van der Waals surface area contributed by atoms with Gasteiger partial charge in [-0.2, -0.15) is 14.0 Å². The van der Waals surface area contributed by atoms with Crippen LogP contribution >= 0.6 is 0 Å². The van der Waals surface area contributed by atoms with Crippen molar-refractivity contribution in [3.8, 4) is 6.07 Å². The molecule has 5 nitrogen and oxygen atoms in total. The van der Waals surface area contributed by atoms with Gasteiger partial charge in [0.1, 0.15) is 11.9 Å². The highest BCUT2D eigenvalue weighted by Gasteiger charge is 2.12. The third kappa shape index (κ3) is 1.77. The van der Waals surface area contributed by atoms with Crippen LogP contribution in [0.5, 0.6) is 0 Å². The van der Waals surface area contributed by atoms with Crippen molar-refractivity contribution in [1.82, 2.24) is 19.1 Å². The van der Waals surface area contributed by atoms with Gasteiger partial charge < -0.3 is 4.57 Å². The van der Waals surface area contributed by atoms with Gasteiger partial charge in [0.05, 0.1) is 6.54 Å².